The predicted octanol–water partition coefficient (Wildman–Crippen LogP) is 2.88. The topological polar surface area (TPSA) is 37.7 Å². The van der Waals surface area contributed by atoms with Crippen molar-refractivity contribution in [3.8, 4) is 0 Å². The maximum Gasteiger partial charge on any atom is 0.223 e. The summed E-state index contributed by atoms with van der Waals surface area (Å²) < 4.78 is 7.71. The van der Waals surface area contributed by atoms with Gasteiger partial charge in [-0.2, -0.15) is 0 Å². The van der Waals surface area contributed by atoms with Gasteiger partial charge in [0.1, 0.15) is 0 Å². The zero-order chi connectivity index (χ0) is 17.8. The molecule has 1 aromatic carbocycles. The lowest BCUT2D eigenvalue weighted by Gasteiger charge is -2.27. The fourth-order valence-corrected chi connectivity index (χ4v) is 4.17. The molecule has 2 aromatic rings. The maximum absolute atomic E-state index is 12.5. The summed E-state index contributed by atoms with van der Waals surface area (Å²) in [6.45, 7) is 6.14. The predicted molar refractivity (Wildman–Crippen MR) is 103 cm³/mol. The first-order valence-corrected chi connectivity index (χ1v) is 9.96. The Morgan fingerprint density at radius 2 is 1.77 bits per heavy atom. The smallest absolute Gasteiger partial charge is 0.223 e. The third kappa shape index (κ3) is 3.94. The van der Waals surface area contributed by atoms with Crippen LogP contribution in [0.25, 0.3) is 10.9 Å². The van der Waals surface area contributed by atoms with Crippen molar-refractivity contribution in [2.75, 3.05) is 39.4 Å². The van der Waals surface area contributed by atoms with E-state index in [2.05, 4.69) is 39.9 Å². The molecule has 3 heterocycles. The number of morpholine rings is 1. The normalized spacial score (nSPS) is 19.2. The van der Waals surface area contributed by atoms with E-state index in [-0.39, 0.29) is 5.91 Å². The van der Waals surface area contributed by atoms with Crippen molar-refractivity contribution in [1.29, 1.82) is 0 Å². The number of likely N-dealkylation sites (tertiary alicyclic amines) is 1. The number of fused-ring (bicyclic) bond motifs is 1. The molecule has 2 saturated heterocycles. The van der Waals surface area contributed by atoms with Crippen molar-refractivity contribution in [2.24, 2.45) is 0 Å². The first-order valence-electron chi connectivity index (χ1n) is 9.96. The molecule has 5 heteroatoms. The second-order valence-corrected chi connectivity index (χ2v) is 7.45. The molecule has 2 fully saturated rings. The third-order valence-electron chi connectivity index (χ3n) is 5.64. The molecular weight excluding hydrogens is 326 g/mol. The number of aromatic nitrogens is 1. The highest BCUT2D eigenvalue weighted by atomic mass is 16.5. The summed E-state index contributed by atoms with van der Waals surface area (Å²) in [5.74, 6) is 0.251. The lowest BCUT2D eigenvalue weighted by Crippen LogP contribution is -2.40. The summed E-state index contributed by atoms with van der Waals surface area (Å²) >= 11 is 0. The van der Waals surface area contributed by atoms with E-state index in [1.54, 1.807) is 0 Å². The third-order valence-corrected chi connectivity index (χ3v) is 5.64. The van der Waals surface area contributed by atoms with Gasteiger partial charge >= 0.3 is 0 Å². The zero-order valence-corrected chi connectivity index (χ0v) is 15.5. The first-order chi connectivity index (χ1) is 12.8. The van der Waals surface area contributed by atoms with Crippen molar-refractivity contribution >= 4 is 16.8 Å². The van der Waals surface area contributed by atoms with Crippen LogP contribution in [-0.2, 0) is 22.6 Å². The second kappa shape index (κ2) is 8.23. The van der Waals surface area contributed by atoms with Gasteiger partial charge in [-0.1, -0.05) is 24.6 Å². The van der Waals surface area contributed by atoms with E-state index in [9.17, 15) is 4.79 Å². The van der Waals surface area contributed by atoms with E-state index in [0.717, 1.165) is 26.2 Å². The maximum atomic E-state index is 12.5. The van der Waals surface area contributed by atoms with Crippen molar-refractivity contribution in [3.63, 3.8) is 0 Å². The summed E-state index contributed by atoms with van der Waals surface area (Å²) in [5.41, 5.74) is 2.58. The fourth-order valence-electron chi connectivity index (χ4n) is 4.17. The monoisotopic (exact) mass is 355 g/mol. The number of amides is 1. The molecule has 0 spiro atoms. The molecule has 26 heavy (non-hydrogen) atoms. The Morgan fingerprint density at radius 3 is 2.58 bits per heavy atom. The lowest BCUT2D eigenvalue weighted by molar-refractivity contribution is -0.135. The Morgan fingerprint density at radius 1 is 1.00 bits per heavy atom. The summed E-state index contributed by atoms with van der Waals surface area (Å²) in [6, 6.07) is 8.60. The van der Waals surface area contributed by atoms with Crippen LogP contribution in [0.2, 0.25) is 0 Å². The minimum atomic E-state index is 0.251. The number of nitrogens with zero attached hydrogens (tertiary/aromatic N) is 3. The van der Waals surface area contributed by atoms with Crippen LogP contribution >= 0.6 is 0 Å². The van der Waals surface area contributed by atoms with Gasteiger partial charge in [-0.15, -0.1) is 0 Å². The summed E-state index contributed by atoms with van der Waals surface area (Å²) in [5, 5.41) is 1.29. The average molecular weight is 355 g/mol. The van der Waals surface area contributed by atoms with Gasteiger partial charge in [0.15, 0.2) is 0 Å². The van der Waals surface area contributed by atoms with Gasteiger partial charge in [0.05, 0.1) is 19.9 Å². The number of carbonyl (C=O) groups is 1. The van der Waals surface area contributed by atoms with E-state index >= 15 is 0 Å². The Labute approximate surface area is 155 Å². The van der Waals surface area contributed by atoms with Crippen LogP contribution in [0.15, 0.2) is 30.5 Å². The molecule has 0 bridgehead atoms. The van der Waals surface area contributed by atoms with Crippen molar-refractivity contribution in [2.45, 2.75) is 38.8 Å². The lowest BCUT2D eigenvalue weighted by atomic mass is 10.1. The Bertz CT molecular complexity index is 743. The molecule has 1 aromatic heterocycles. The van der Waals surface area contributed by atoms with Gasteiger partial charge in [0.2, 0.25) is 5.91 Å². The Hall–Kier alpha value is -1.85. The van der Waals surface area contributed by atoms with Gasteiger partial charge in [-0.3, -0.25) is 9.69 Å². The number of benzene rings is 1. The number of hydrogen-bond acceptors (Lipinski definition) is 3. The van der Waals surface area contributed by atoms with Gasteiger partial charge in [-0.25, -0.2) is 0 Å². The summed E-state index contributed by atoms with van der Waals surface area (Å²) in [4.78, 5) is 17.0. The molecule has 2 aliphatic rings. The Balaban J connectivity index is 1.47. The van der Waals surface area contributed by atoms with Crippen LogP contribution in [0.1, 0.15) is 31.2 Å². The highest BCUT2D eigenvalue weighted by molar-refractivity contribution is 5.85. The molecular formula is C21H29N3O2. The molecule has 0 saturated carbocycles. The van der Waals surface area contributed by atoms with Gasteiger partial charge < -0.3 is 14.2 Å². The van der Waals surface area contributed by atoms with Crippen LogP contribution < -0.4 is 0 Å². The molecule has 2 aliphatic heterocycles. The van der Waals surface area contributed by atoms with Gasteiger partial charge in [-0.05, 0) is 44.0 Å². The van der Waals surface area contributed by atoms with E-state index in [1.165, 1.54) is 48.8 Å². The summed E-state index contributed by atoms with van der Waals surface area (Å²) in [6.07, 6.45) is 7.63. The molecule has 0 aliphatic carbocycles. The number of para-hydroxylation sites is 1. The Kier molecular flexibility index (Phi) is 5.56. The zero-order valence-electron chi connectivity index (χ0n) is 15.5. The second-order valence-electron chi connectivity index (χ2n) is 7.45. The van der Waals surface area contributed by atoms with Crippen molar-refractivity contribution in [1.82, 2.24) is 14.4 Å². The SMILES string of the molecule is O=C(CCc1cn(CN2CCCCC2)c2ccccc12)N1CCOCC1. The van der Waals surface area contributed by atoms with E-state index in [4.69, 9.17) is 4.74 Å². The minimum Gasteiger partial charge on any atom is -0.378 e. The van der Waals surface area contributed by atoms with Crippen LogP contribution in [0.5, 0.6) is 0 Å². The number of hydrogen-bond donors (Lipinski definition) is 0. The molecule has 1 amide bonds. The first kappa shape index (κ1) is 17.6. The summed E-state index contributed by atoms with van der Waals surface area (Å²) in [7, 11) is 0. The fraction of sp³-hybridized carbons (Fsp3) is 0.571. The van der Waals surface area contributed by atoms with Crippen LogP contribution in [0, 0.1) is 0 Å². The van der Waals surface area contributed by atoms with Crippen molar-refractivity contribution < 1.29 is 9.53 Å². The van der Waals surface area contributed by atoms with E-state index in [1.807, 2.05) is 4.90 Å². The average Bonchev–Trinajstić information content (AvgIpc) is 3.05. The van der Waals surface area contributed by atoms with Crippen LogP contribution in [0.3, 0.4) is 0 Å². The van der Waals surface area contributed by atoms with Crippen molar-refractivity contribution in [3.05, 3.63) is 36.0 Å². The largest absolute Gasteiger partial charge is 0.378 e. The van der Waals surface area contributed by atoms with Gasteiger partial charge in [0.25, 0.3) is 0 Å². The number of carbonyl (C=O) groups excluding carboxylic acids is 1. The molecule has 4 rings (SSSR count). The van der Waals surface area contributed by atoms with Gasteiger partial charge in [0, 0.05) is 36.6 Å². The molecule has 0 atom stereocenters. The molecule has 5 nitrogen and oxygen atoms in total. The number of ether oxygens (including phenoxy) is 1. The molecule has 0 unspecified atom stereocenters. The molecule has 0 N–H and O–H groups in total. The number of piperidine rings is 1. The van der Waals surface area contributed by atoms with E-state index in [0.29, 0.717) is 19.6 Å². The molecule has 140 valence electrons. The quantitative estimate of drug-likeness (QED) is 0.828. The molecule has 0 radical (unpaired) electrons. The highest BCUT2D eigenvalue weighted by Crippen LogP contribution is 2.24. The van der Waals surface area contributed by atoms with Crippen LogP contribution in [0.4, 0.5) is 0 Å². The van der Waals surface area contributed by atoms with Crippen LogP contribution in [-0.4, -0.2) is 59.7 Å². The van der Waals surface area contributed by atoms with E-state index < -0.39 is 0 Å². The number of aryl methyl sites for hydroxylation is 1. The minimum absolute atomic E-state index is 0.251. The number of rotatable bonds is 5. The highest BCUT2D eigenvalue weighted by Gasteiger charge is 2.18. The standard InChI is InChI=1S/C21H29N3O2/c25-21(23-12-14-26-15-13-23)9-8-18-16-24(17-22-10-4-1-5-11-22)20-7-3-2-6-19(18)20/h2-3,6-7,16H,1,4-5,8-15,17H2.